The van der Waals surface area contributed by atoms with E-state index in [2.05, 4.69) is 4.98 Å². The van der Waals surface area contributed by atoms with E-state index < -0.39 is 0 Å². The van der Waals surface area contributed by atoms with E-state index in [-0.39, 0.29) is 12.1 Å². The Balaban J connectivity index is 2.41. The summed E-state index contributed by atoms with van der Waals surface area (Å²) in [5.74, 6) is 0.490. The van der Waals surface area contributed by atoms with Crippen LogP contribution >= 0.6 is 11.6 Å². The molecular formula is C16H14ClN3O. The highest BCUT2D eigenvalue weighted by atomic mass is 35.5. The van der Waals surface area contributed by atoms with Gasteiger partial charge in [0.1, 0.15) is 5.82 Å². The van der Waals surface area contributed by atoms with Crippen LogP contribution in [0, 0.1) is 6.92 Å². The van der Waals surface area contributed by atoms with E-state index in [4.69, 9.17) is 17.3 Å². The third-order valence-corrected chi connectivity index (χ3v) is 3.67. The van der Waals surface area contributed by atoms with Crippen molar-refractivity contribution in [2.45, 2.75) is 13.5 Å². The first-order chi connectivity index (χ1) is 10.1. The first kappa shape index (κ1) is 13.8. The fourth-order valence-corrected chi connectivity index (χ4v) is 2.68. The van der Waals surface area contributed by atoms with Crippen LogP contribution in [0.1, 0.15) is 11.4 Å². The number of hydrogen-bond donors (Lipinski definition) is 1. The van der Waals surface area contributed by atoms with Gasteiger partial charge in [0.15, 0.2) is 0 Å². The molecule has 1 aromatic heterocycles. The standard InChI is InChI=1S/C16H14ClN3O/c1-10-6-7-14(12(17)8-10)20-15(9-18)19-13-5-3-2-4-11(13)16(20)21/h2-8H,9,18H2,1H3. The van der Waals surface area contributed by atoms with Gasteiger partial charge in [-0.2, -0.15) is 0 Å². The summed E-state index contributed by atoms with van der Waals surface area (Å²) >= 11 is 6.29. The van der Waals surface area contributed by atoms with E-state index in [9.17, 15) is 4.79 Å². The number of nitrogens with zero attached hydrogens (tertiary/aromatic N) is 2. The molecule has 0 amide bonds. The topological polar surface area (TPSA) is 60.9 Å². The number of fused-ring (bicyclic) bond motifs is 1. The summed E-state index contributed by atoms with van der Waals surface area (Å²) in [6.07, 6.45) is 0. The number of benzene rings is 2. The Kier molecular flexibility index (Phi) is 3.49. The Morgan fingerprint density at radius 3 is 2.71 bits per heavy atom. The fourth-order valence-electron chi connectivity index (χ4n) is 2.36. The summed E-state index contributed by atoms with van der Waals surface area (Å²) in [6, 6.07) is 12.8. The molecule has 0 unspecified atom stereocenters. The van der Waals surface area contributed by atoms with Gasteiger partial charge in [0, 0.05) is 0 Å². The SMILES string of the molecule is Cc1ccc(-n2c(CN)nc3ccccc3c2=O)c(Cl)c1. The van der Waals surface area contributed by atoms with Crippen molar-refractivity contribution in [3.63, 3.8) is 0 Å². The van der Waals surface area contributed by atoms with Crippen molar-refractivity contribution in [1.82, 2.24) is 9.55 Å². The van der Waals surface area contributed by atoms with Gasteiger partial charge in [-0.1, -0.05) is 29.8 Å². The molecule has 0 aliphatic rings. The molecule has 0 aliphatic carbocycles. The van der Waals surface area contributed by atoms with Crippen LogP contribution in [0.4, 0.5) is 0 Å². The van der Waals surface area contributed by atoms with Crippen molar-refractivity contribution >= 4 is 22.5 Å². The third-order valence-electron chi connectivity index (χ3n) is 3.37. The van der Waals surface area contributed by atoms with E-state index in [0.29, 0.717) is 27.4 Å². The lowest BCUT2D eigenvalue weighted by Crippen LogP contribution is -2.25. The number of rotatable bonds is 2. The van der Waals surface area contributed by atoms with E-state index in [1.165, 1.54) is 4.57 Å². The molecule has 0 radical (unpaired) electrons. The highest BCUT2D eigenvalue weighted by molar-refractivity contribution is 6.32. The predicted molar refractivity (Wildman–Crippen MR) is 85.0 cm³/mol. The largest absolute Gasteiger partial charge is 0.324 e. The summed E-state index contributed by atoms with van der Waals surface area (Å²) in [5, 5.41) is 1.05. The summed E-state index contributed by atoms with van der Waals surface area (Å²) in [5.41, 5.74) is 7.87. The summed E-state index contributed by atoms with van der Waals surface area (Å²) in [4.78, 5) is 17.2. The van der Waals surface area contributed by atoms with Crippen molar-refractivity contribution in [2.24, 2.45) is 5.73 Å². The molecule has 106 valence electrons. The number of aromatic nitrogens is 2. The third kappa shape index (κ3) is 2.33. The molecule has 3 rings (SSSR count). The number of halogens is 1. The number of nitrogens with two attached hydrogens (primary N) is 1. The monoisotopic (exact) mass is 299 g/mol. The highest BCUT2D eigenvalue weighted by Gasteiger charge is 2.13. The average Bonchev–Trinajstić information content (AvgIpc) is 2.48. The first-order valence-corrected chi connectivity index (χ1v) is 6.97. The normalized spacial score (nSPS) is 11.0. The van der Waals surface area contributed by atoms with Crippen molar-refractivity contribution in [1.29, 1.82) is 0 Å². The lowest BCUT2D eigenvalue weighted by atomic mass is 10.2. The minimum Gasteiger partial charge on any atom is -0.324 e. The van der Waals surface area contributed by atoms with Crippen LogP contribution in [-0.4, -0.2) is 9.55 Å². The molecule has 0 atom stereocenters. The zero-order valence-corrected chi connectivity index (χ0v) is 12.3. The van der Waals surface area contributed by atoms with Crippen LogP contribution in [0.15, 0.2) is 47.3 Å². The maximum absolute atomic E-state index is 12.8. The van der Waals surface area contributed by atoms with Crippen LogP contribution in [-0.2, 0) is 6.54 Å². The maximum atomic E-state index is 12.8. The lowest BCUT2D eigenvalue weighted by Gasteiger charge is -2.14. The zero-order valence-electron chi connectivity index (χ0n) is 11.5. The number of para-hydroxylation sites is 1. The van der Waals surface area contributed by atoms with Gasteiger partial charge in [-0.05, 0) is 36.8 Å². The minimum atomic E-state index is -0.160. The quantitative estimate of drug-likeness (QED) is 0.791. The molecule has 0 aliphatic heterocycles. The van der Waals surface area contributed by atoms with Gasteiger partial charge < -0.3 is 5.73 Å². The lowest BCUT2D eigenvalue weighted by molar-refractivity contribution is 0.816. The molecule has 0 saturated carbocycles. The Morgan fingerprint density at radius 2 is 2.00 bits per heavy atom. The van der Waals surface area contributed by atoms with E-state index >= 15 is 0 Å². The van der Waals surface area contributed by atoms with E-state index in [1.807, 2.05) is 37.3 Å². The molecule has 21 heavy (non-hydrogen) atoms. The van der Waals surface area contributed by atoms with Gasteiger partial charge in [0.25, 0.3) is 5.56 Å². The van der Waals surface area contributed by atoms with Gasteiger partial charge >= 0.3 is 0 Å². The molecule has 4 nitrogen and oxygen atoms in total. The molecule has 5 heteroatoms. The highest BCUT2D eigenvalue weighted by Crippen LogP contribution is 2.22. The summed E-state index contributed by atoms with van der Waals surface area (Å²) in [7, 11) is 0. The van der Waals surface area contributed by atoms with Gasteiger partial charge in [-0.25, -0.2) is 4.98 Å². The van der Waals surface area contributed by atoms with E-state index in [0.717, 1.165) is 5.56 Å². The second-order valence-electron chi connectivity index (χ2n) is 4.84. The zero-order chi connectivity index (χ0) is 15.0. The second kappa shape index (κ2) is 5.31. The Hall–Kier alpha value is -2.17. The van der Waals surface area contributed by atoms with Gasteiger partial charge in [-0.3, -0.25) is 9.36 Å². The molecule has 0 spiro atoms. The van der Waals surface area contributed by atoms with Crippen LogP contribution in [0.5, 0.6) is 0 Å². The Labute approximate surface area is 126 Å². The Bertz CT molecular complexity index is 886. The van der Waals surface area contributed by atoms with Crippen molar-refractivity contribution in [3.05, 3.63) is 69.2 Å². The number of aryl methyl sites for hydroxylation is 1. The van der Waals surface area contributed by atoms with Crippen LogP contribution in [0.2, 0.25) is 5.02 Å². The molecule has 2 aromatic carbocycles. The van der Waals surface area contributed by atoms with Crippen LogP contribution in [0.3, 0.4) is 0 Å². The van der Waals surface area contributed by atoms with Gasteiger partial charge in [-0.15, -0.1) is 0 Å². The van der Waals surface area contributed by atoms with Crippen molar-refractivity contribution in [2.75, 3.05) is 0 Å². The molecule has 2 N–H and O–H groups in total. The summed E-state index contributed by atoms with van der Waals surface area (Å²) in [6.45, 7) is 2.10. The molecule has 0 saturated heterocycles. The first-order valence-electron chi connectivity index (χ1n) is 6.59. The van der Waals surface area contributed by atoms with Crippen LogP contribution < -0.4 is 11.3 Å². The van der Waals surface area contributed by atoms with Gasteiger partial charge in [0.05, 0.1) is 28.2 Å². The fraction of sp³-hybridized carbons (Fsp3) is 0.125. The Morgan fingerprint density at radius 1 is 1.24 bits per heavy atom. The predicted octanol–water partition coefficient (Wildman–Crippen LogP) is 2.81. The second-order valence-corrected chi connectivity index (χ2v) is 5.25. The average molecular weight is 300 g/mol. The molecule has 3 aromatic rings. The summed E-state index contributed by atoms with van der Waals surface area (Å²) < 4.78 is 1.49. The van der Waals surface area contributed by atoms with Gasteiger partial charge in [0.2, 0.25) is 0 Å². The molecule has 1 heterocycles. The maximum Gasteiger partial charge on any atom is 0.266 e. The minimum absolute atomic E-state index is 0.157. The van der Waals surface area contributed by atoms with Crippen LogP contribution in [0.25, 0.3) is 16.6 Å². The molecular weight excluding hydrogens is 286 g/mol. The van der Waals surface area contributed by atoms with E-state index in [1.54, 1.807) is 12.1 Å². The van der Waals surface area contributed by atoms with Crippen molar-refractivity contribution in [3.8, 4) is 5.69 Å². The van der Waals surface area contributed by atoms with Crippen molar-refractivity contribution < 1.29 is 0 Å². The molecule has 0 fully saturated rings. The smallest absolute Gasteiger partial charge is 0.266 e. The molecule has 0 bridgehead atoms. The number of hydrogen-bond acceptors (Lipinski definition) is 3.